The molecular formula is C20H23N3O4S. The maximum Gasteiger partial charge on any atom is 0.253 e. The van der Waals surface area contributed by atoms with Crippen molar-refractivity contribution in [2.24, 2.45) is 0 Å². The van der Waals surface area contributed by atoms with Gasteiger partial charge in [-0.15, -0.1) is 0 Å². The number of amides is 2. The van der Waals surface area contributed by atoms with Crippen molar-refractivity contribution in [3.05, 3.63) is 60.2 Å². The van der Waals surface area contributed by atoms with Gasteiger partial charge < -0.3 is 10.2 Å². The highest BCUT2D eigenvalue weighted by Crippen LogP contribution is 2.15. The Morgan fingerprint density at radius 1 is 0.964 bits per heavy atom. The Bertz CT molecular complexity index is 952. The number of rotatable bonds is 5. The van der Waals surface area contributed by atoms with Crippen LogP contribution in [0.2, 0.25) is 0 Å². The molecule has 8 heteroatoms. The lowest BCUT2D eigenvalue weighted by molar-refractivity contribution is -0.117. The number of carbonyl (C=O) groups excluding carboxylic acids is 2. The van der Waals surface area contributed by atoms with Crippen LogP contribution in [0.4, 0.5) is 5.69 Å². The summed E-state index contributed by atoms with van der Waals surface area (Å²) in [5, 5.41) is 2.74. The molecule has 0 saturated carbocycles. The van der Waals surface area contributed by atoms with Gasteiger partial charge in [0.25, 0.3) is 5.91 Å². The molecule has 0 atom stereocenters. The number of nitrogens with one attached hydrogen (secondary N) is 1. The molecule has 0 aliphatic carbocycles. The number of benzene rings is 2. The van der Waals surface area contributed by atoms with Gasteiger partial charge >= 0.3 is 0 Å². The van der Waals surface area contributed by atoms with Gasteiger partial charge in [0.15, 0.2) is 9.84 Å². The second kappa shape index (κ2) is 8.53. The van der Waals surface area contributed by atoms with Crippen molar-refractivity contribution in [3.63, 3.8) is 0 Å². The lowest BCUT2D eigenvalue weighted by Gasteiger charge is -2.34. The topological polar surface area (TPSA) is 86.8 Å². The zero-order chi connectivity index (χ0) is 20.1. The van der Waals surface area contributed by atoms with Crippen molar-refractivity contribution < 1.29 is 18.0 Å². The Morgan fingerprint density at radius 3 is 2.29 bits per heavy atom. The predicted molar refractivity (Wildman–Crippen MR) is 107 cm³/mol. The molecule has 0 unspecified atom stereocenters. The summed E-state index contributed by atoms with van der Waals surface area (Å²) in [6.45, 7) is 2.52. The summed E-state index contributed by atoms with van der Waals surface area (Å²) < 4.78 is 23.2. The van der Waals surface area contributed by atoms with Crippen molar-refractivity contribution in [2.45, 2.75) is 4.90 Å². The summed E-state index contributed by atoms with van der Waals surface area (Å²) in [7, 11) is -3.32. The van der Waals surface area contributed by atoms with Crippen LogP contribution < -0.4 is 5.32 Å². The molecule has 1 fully saturated rings. The van der Waals surface area contributed by atoms with Crippen LogP contribution in [-0.2, 0) is 14.6 Å². The Morgan fingerprint density at radius 2 is 1.64 bits per heavy atom. The fourth-order valence-electron chi connectivity index (χ4n) is 3.08. The molecule has 1 saturated heterocycles. The first kappa shape index (κ1) is 20.0. The molecule has 0 spiro atoms. The molecule has 1 heterocycles. The maximum atomic E-state index is 12.5. The minimum absolute atomic E-state index is 0.00212. The summed E-state index contributed by atoms with van der Waals surface area (Å²) in [5.41, 5.74) is 1.12. The molecule has 2 aromatic carbocycles. The molecule has 0 aromatic heterocycles. The van der Waals surface area contributed by atoms with E-state index in [0.717, 1.165) is 6.26 Å². The SMILES string of the molecule is CS(=O)(=O)c1cccc(NC(=O)CN2CCN(C(=O)c3ccccc3)CC2)c1. The zero-order valence-electron chi connectivity index (χ0n) is 15.7. The minimum atomic E-state index is -3.32. The van der Waals surface area contributed by atoms with Gasteiger partial charge in [-0.2, -0.15) is 0 Å². The molecule has 3 rings (SSSR count). The molecule has 1 N–H and O–H groups in total. The molecule has 0 bridgehead atoms. The molecule has 28 heavy (non-hydrogen) atoms. The first-order chi connectivity index (χ1) is 13.3. The van der Waals surface area contributed by atoms with Crippen molar-refractivity contribution >= 4 is 27.3 Å². The smallest absolute Gasteiger partial charge is 0.253 e. The molecule has 1 aliphatic rings. The lowest BCUT2D eigenvalue weighted by Crippen LogP contribution is -2.50. The van der Waals surface area contributed by atoms with Crippen LogP contribution >= 0.6 is 0 Å². The predicted octanol–water partition coefficient (Wildman–Crippen LogP) is 1.49. The van der Waals surface area contributed by atoms with Gasteiger partial charge in [-0.1, -0.05) is 24.3 Å². The van der Waals surface area contributed by atoms with E-state index in [0.29, 0.717) is 37.4 Å². The van der Waals surface area contributed by atoms with Crippen LogP contribution in [0.25, 0.3) is 0 Å². The minimum Gasteiger partial charge on any atom is -0.336 e. The molecule has 2 amide bonds. The third-order valence-corrected chi connectivity index (χ3v) is 5.70. The number of nitrogens with zero attached hydrogens (tertiary/aromatic N) is 2. The summed E-state index contributed by atoms with van der Waals surface area (Å²) in [5.74, 6) is -0.212. The van der Waals surface area contributed by atoms with E-state index in [2.05, 4.69) is 5.32 Å². The average molecular weight is 401 g/mol. The van der Waals surface area contributed by atoms with Crippen molar-refractivity contribution in [1.29, 1.82) is 0 Å². The van der Waals surface area contributed by atoms with Gasteiger partial charge in [-0.25, -0.2) is 8.42 Å². The monoisotopic (exact) mass is 401 g/mol. The van der Waals surface area contributed by atoms with E-state index < -0.39 is 9.84 Å². The van der Waals surface area contributed by atoms with Gasteiger partial charge in [-0.05, 0) is 30.3 Å². The molecule has 0 radical (unpaired) electrons. The van der Waals surface area contributed by atoms with E-state index in [1.165, 1.54) is 12.1 Å². The zero-order valence-corrected chi connectivity index (χ0v) is 16.5. The summed E-state index contributed by atoms with van der Waals surface area (Å²) in [6.07, 6.45) is 1.13. The van der Waals surface area contributed by atoms with Gasteiger partial charge in [0.1, 0.15) is 0 Å². The molecule has 148 valence electrons. The first-order valence-corrected chi connectivity index (χ1v) is 10.9. The number of sulfone groups is 1. The van der Waals surface area contributed by atoms with Crippen LogP contribution in [0.1, 0.15) is 10.4 Å². The standard InChI is InChI=1S/C20H23N3O4S/c1-28(26,27)18-9-5-8-17(14-18)21-19(24)15-22-10-12-23(13-11-22)20(25)16-6-3-2-4-7-16/h2-9,14H,10-13,15H2,1H3,(H,21,24). The largest absolute Gasteiger partial charge is 0.336 e. The highest BCUT2D eigenvalue weighted by atomic mass is 32.2. The molecule has 2 aromatic rings. The fraction of sp³-hybridized carbons (Fsp3) is 0.300. The van der Waals surface area contributed by atoms with Crippen LogP contribution in [0, 0.1) is 0 Å². The Kier molecular flexibility index (Phi) is 6.11. The van der Waals surface area contributed by atoms with E-state index in [1.54, 1.807) is 29.2 Å². The van der Waals surface area contributed by atoms with Crippen molar-refractivity contribution in [1.82, 2.24) is 9.80 Å². The average Bonchev–Trinajstić information content (AvgIpc) is 2.68. The van der Waals surface area contributed by atoms with Crippen LogP contribution in [-0.4, -0.2) is 69.0 Å². The molecule has 7 nitrogen and oxygen atoms in total. The normalized spacial score (nSPS) is 15.2. The maximum absolute atomic E-state index is 12.5. The third-order valence-electron chi connectivity index (χ3n) is 4.59. The fourth-order valence-corrected chi connectivity index (χ4v) is 3.75. The highest BCUT2D eigenvalue weighted by Gasteiger charge is 2.23. The van der Waals surface area contributed by atoms with Gasteiger partial charge in [0.2, 0.25) is 5.91 Å². The van der Waals surface area contributed by atoms with Gasteiger partial charge in [-0.3, -0.25) is 14.5 Å². The highest BCUT2D eigenvalue weighted by molar-refractivity contribution is 7.90. The number of anilines is 1. The van der Waals surface area contributed by atoms with Crippen LogP contribution in [0.3, 0.4) is 0 Å². The number of hydrogen-bond donors (Lipinski definition) is 1. The van der Waals surface area contributed by atoms with Gasteiger partial charge in [0, 0.05) is 43.7 Å². The lowest BCUT2D eigenvalue weighted by atomic mass is 10.2. The molecular weight excluding hydrogens is 378 g/mol. The molecule has 1 aliphatic heterocycles. The summed E-state index contributed by atoms with van der Waals surface area (Å²) in [4.78, 5) is 28.7. The van der Waals surface area contributed by atoms with Crippen LogP contribution in [0.15, 0.2) is 59.5 Å². The first-order valence-electron chi connectivity index (χ1n) is 8.99. The Hall–Kier alpha value is -2.71. The Balaban J connectivity index is 1.51. The van der Waals surface area contributed by atoms with E-state index in [4.69, 9.17) is 0 Å². The summed E-state index contributed by atoms with van der Waals surface area (Å²) in [6, 6.07) is 15.3. The van der Waals surface area contributed by atoms with Crippen molar-refractivity contribution in [3.8, 4) is 0 Å². The van der Waals surface area contributed by atoms with Crippen molar-refractivity contribution in [2.75, 3.05) is 44.3 Å². The number of hydrogen-bond acceptors (Lipinski definition) is 5. The van der Waals surface area contributed by atoms with Gasteiger partial charge in [0.05, 0.1) is 11.4 Å². The second-order valence-electron chi connectivity index (χ2n) is 6.78. The van der Waals surface area contributed by atoms with E-state index in [1.807, 2.05) is 23.1 Å². The quantitative estimate of drug-likeness (QED) is 0.820. The van der Waals surface area contributed by atoms with E-state index in [-0.39, 0.29) is 23.3 Å². The van der Waals surface area contributed by atoms with E-state index in [9.17, 15) is 18.0 Å². The third kappa shape index (κ3) is 5.17. The number of piperazine rings is 1. The van der Waals surface area contributed by atoms with Crippen LogP contribution in [0.5, 0.6) is 0 Å². The summed E-state index contributed by atoms with van der Waals surface area (Å²) >= 11 is 0. The second-order valence-corrected chi connectivity index (χ2v) is 8.80. The number of carbonyl (C=O) groups is 2. The van der Waals surface area contributed by atoms with E-state index >= 15 is 0 Å². The Labute approximate surface area is 164 Å².